The summed E-state index contributed by atoms with van der Waals surface area (Å²) in [5.74, 6) is -1.42. The lowest BCUT2D eigenvalue weighted by Gasteiger charge is -2.04. The summed E-state index contributed by atoms with van der Waals surface area (Å²) < 4.78 is 13.5. The molecule has 1 aromatic heterocycles. The number of nitrogens with zero attached hydrogens (tertiary/aromatic N) is 1. The maximum absolute atomic E-state index is 13.5. The van der Waals surface area contributed by atoms with Crippen LogP contribution < -0.4 is 5.32 Å². The Morgan fingerprint density at radius 1 is 1.63 bits per heavy atom. The number of allylic oxidation sites excluding steroid dienone is 1. The van der Waals surface area contributed by atoms with E-state index in [-0.39, 0.29) is 11.6 Å². The van der Waals surface area contributed by atoms with Crippen LogP contribution in [-0.4, -0.2) is 22.6 Å². The van der Waals surface area contributed by atoms with Crippen LogP contribution >= 0.6 is 11.6 Å². The Morgan fingerprint density at radius 2 is 2.37 bits per heavy atom. The Balaban J connectivity index is 2.45. The molecular formula is C13H14ClFN2O2. The predicted octanol–water partition coefficient (Wildman–Crippen LogP) is 2.86. The summed E-state index contributed by atoms with van der Waals surface area (Å²) in [5, 5.41) is 11.2. The molecule has 0 aliphatic rings. The number of carboxylic acid groups (broad SMARTS) is 1. The summed E-state index contributed by atoms with van der Waals surface area (Å²) in [7, 11) is 0. The van der Waals surface area contributed by atoms with Crippen LogP contribution in [0.1, 0.15) is 18.4 Å². The Labute approximate surface area is 115 Å². The molecule has 2 N–H and O–H groups in total. The molecule has 0 saturated heterocycles. The lowest BCUT2D eigenvalue weighted by Crippen LogP contribution is -2.13. The average molecular weight is 285 g/mol. The maximum Gasteiger partial charge on any atom is 0.303 e. The molecule has 0 spiro atoms. The van der Waals surface area contributed by atoms with Crippen LogP contribution in [0.4, 0.5) is 4.39 Å². The van der Waals surface area contributed by atoms with Crippen molar-refractivity contribution in [3.05, 3.63) is 47.1 Å². The molecular weight excluding hydrogens is 271 g/mol. The third kappa shape index (κ3) is 5.52. The van der Waals surface area contributed by atoms with Crippen molar-refractivity contribution in [2.45, 2.75) is 12.8 Å². The Kier molecular flexibility index (Phi) is 6.02. The molecule has 6 heteroatoms. The molecule has 0 aliphatic heterocycles. The topological polar surface area (TPSA) is 62.2 Å². The minimum absolute atomic E-state index is 0.0958. The summed E-state index contributed by atoms with van der Waals surface area (Å²) in [6, 6.07) is 1.50. The molecule has 0 unspecified atom stereocenters. The molecule has 0 atom stereocenters. The van der Waals surface area contributed by atoms with Gasteiger partial charge in [0.15, 0.2) is 11.0 Å². The summed E-state index contributed by atoms with van der Waals surface area (Å²) in [5.41, 5.74) is 0.881. The minimum Gasteiger partial charge on any atom is -0.481 e. The molecule has 1 rings (SSSR count). The van der Waals surface area contributed by atoms with E-state index in [1.807, 2.05) is 0 Å². The molecule has 0 bridgehead atoms. The number of halogens is 2. The van der Waals surface area contributed by atoms with Gasteiger partial charge in [-0.3, -0.25) is 4.79 Å². The smallest absolute Gasteiger partial charge is 0.303 e. The zero-order valence-electron chi connectivity index (χ0n) is 10.2. The second kappa shape index (κ2) is 7.53. The van der Waals surface area contributed by atoms with Crippen molar-refractivity contribution in [3.63, 3.8) is 0 Å². The minimum atomic E-state index is -0.837. The normalized spacial score (nSPS) is 10.6. The number of hydrogen-bond donors (Lipinski definition) is 2. The molecule has 0 fully saturated rings. The van der Waals surface area contributed by atoms with Crippen LogP contribution in [-0.2, 0) is 4.79 Å². The number of carbonyl (C=O) groups is 1. The monoisotopic (exact) mass is 284 g/mol. The van der Waals surface area contributed by atoms with Gasteiger partial charge in [-0.05, 0) is 24.6 Å². The highest BCUT2D eigenvalue weighted by Gasteiger charge is 2.04. The van der Waals surface area contributed by atoms with Crippen molar-refractivity contribution in [2.75, 3.05) is 6.54 Å². The third-order valence-electron chi connectivity index (χ3n) is 2.26. The van der Waals surface area contributed by atoms with E-state index in [0.717, 1.165) is 0 Å². The molecule has 0 radical (unpaired) electrons. The van der Waals surface area contributed by atoms with Gasteiger partial charge in [0.25, 0.3) is 0 Å². The number of rotatable bonds is 7. The lowest BCUT2D eigenvalue weighted by atomic mass is 10.2. The van der Waals surface area contributed by atoms with Gasteiger partial charge in [0.2, 0.25) is 0 Å². The maximum atomic E-state index is 13.5. The second-order valence-corrected chi connectivity index (χ2v) is 4.15. The molecule has 4 nitrogen and oxygen atoms in total. The standard InChI is InChI=1S/C13H14ClFN2O2/c1-9(16-7-2-3-11(18)19)4-5-10-6-8-17-13(14)12(10)15/h4-6,8,16H,1-3,7H2,(H,18,19)/b5-4+. The molecule has 0 amide bonds. The summed E-state index contributed by atoms with van der Waals surface area (Å²) in [6.45, 7) is 4.22. The third-order valence-corrected chi connectivity index (χ3v) is 2.52. The van der Waals surface area contributed by atoms with Crippen molar-refractivity contribution in [1.82, 2.24) is 10.3 Å². The highest BCUT2D eigenvalue weighted by atomic mass is 35.5. The van der Waals surface area contributed by atoms with Crippen LogP contribution in [0.2, 0.25) is 5.15 Å². The van der Waals surface area contributed by atoms with Crippen molar-refractivity contribution >= 4 is 23.6 Å². The Hall–Kier alpha value is -1.88. The van der Waals surface area contributed by atoms with Gasteiger partial charge in [0.1, 0.15) is 0 Å². The number of aromatic nitrogens is 1. The zero-order valence-corrected chi connectivity index (χ0v) is 11.0. The van der Waals surface area contributed by atoms with Gasteiger partial charge in [-0.15, -0.1) is 0 Å². The summed E-state index contributed by atoms with van der Waals surface area (Å²) in [6.07, 6.45) is 5.12. The fourth-order valence-corrected chi connectivity index (χ4v) is 1.46. The zero-order chi connectivity index (χ0) is 14.3. The SMILES string of the molecule is C=C(/C=C/c1ccnc(Cl)c1F)NCCCC(=O)O. The highest BCUT2D eigenvalue weighted by Crippen LogP contribution is 2.16. The Bertz CT molecular complexity index is 503. The first-order valence-electron chi connectivity index (χ1n) is 5.63. The van der Waals surface area contributed by atoms with E-state index < -0.39 is 11.8 Å². The van der Waals surface area contributed by atoms with Gasteiger partial charge in [-0.2, -0.15) is 0 Å². The van der Waals surface area contributed by atoms with E-state index in [1.165, 1.54) is 18.3 Å². The van der Waals surface area contributed by atoms with E-state index in [0.29, 0.717) is 24.2 Å². The van der Waals surface area contributed by atoms with Crippen molar-refractivity contribution in [3.8, 4) is 0 Å². The van der Waals surface area contributed by atoms with Gasteiger partial charge in [0, 0.05) is 30.4 Å². The first kappa shape index (κ1) is 15.2. The van der Waals surface area contributed by atoms with Crippen molar-refractivity contribution < 1.29 is 14.3 Å². The van der Waals surface area contributed by atoms with Gasteiger partial charge >= 0.3 is 5.97 Å². The number of pyridine rings is 1. The quantitative estimate of drug-likeness (QED) is 0.459. The number of carboxylic acids is 1. The lowest BCUT2D eigenvalue weighted by molar-refractivity contribution is -0.137. The molecule has 0 saturated carbocycles. The molecule has 102 valence electrons. The first-order chi connectivity index (χ1) is 9.00. The number of nitrogens with one attached hydrogen (secondary N) is 1. The molecule has 19 heavy (non-hydrogen) atoms. The summed E-state index contributed by atoms with van der Waals surface area (Å²) in [4.78, 5) is 13.9. The molecule has 1 heterocycles. The van der Waals surface area contributed by atoms with Gasteiger partial charge in [-0.25, -0.2) is 9.37 Å². The first-order valence-corrected chi connectivity index (χ1v) is 6.01. The molecule has 0 aliphatic carbocycles. The van der Waals surface area contributed by atoms with Crippen LogP contribution in [0.15, 0.2) is 30.6 Å². The van der Waals surface area contributed by atoms with Crippen LogP contribution in [0.5, 0.6) is 0 Å². The van der Waals surface area contributed by atoms with Gasteiger partial charge in [0.05, 0.1) is 0 Å². The largest absolute Gasteiger partial charge is 0.481 e. The van der Waals surface area contributed by atoms with E-state index in [9.17, 15) is 9.18 Å². The van der Waals surface area contributed by atoms with E-state index in [1.54, 1.807) is 6.08 Å². The van der Waals surface area contributed by atoms with Crippen LogP contribution in [0.3, 0.4) is 0 Å². The fourth-order valence-electron chi connectivity index (χ4n) is 1.30. The Morgan fingerprint density at radius 3 is 3.05 bits per heavy atom. The highest BCUT2D eigenvalue weighted by molar-refractivity contribution is 6.29. The molecule has 0 aromatic carbocycles. The number of aliphatic carboxylic acids is 1. The van der Waals surface area contributed by atoms with Crippen LogP contribution in [0.25, 0.3) is 6.08 Å². The predicted molar refractivity (Wildman–Crippen MR) is 72.3 cm³/mol. The molecule has 1 aromatic rings. The van der Waals surface area contributed by atoms with Gasteiger partial charge in [-0.1, -0.05) is 18.2 Å². The van der Waals surface area contributed by atoms with E-state index >= 15 is 0 Å². The van der Waals surface area contributed by atoms with Crippen molar-refractivity contribution in [2.24, 2.45) is 0 Å². The number of hydrogen-bond acceptors (Lipinski definition) is 3. The average Bonchev–Trinajstić information content (AvgIpc) is 2.36. The second-order valence-electron chi connectivity index (χ2n) is 3.79. The summed E-state index contributed by atoms with van der Waals surface area (Å²) >= 11 is 5.55. The fraction of sp³-hybridized carbons (Fsp3) is 0.231. The van der Waals surface area contributed by atoms with Crippen molar-refractivity contribution in [1.29, 1.82) is 0 Å². The van der Waals surface area contributed by atoms with Crippen LogP contribution in [0, 0.1) is 5.82 Å². The van der Waals surface area contributed by atoms with E-state index in [4.69, 9.17) is 16.7 Å². The van der Waals surface area contributed by atoms with Gasteiger partial charge < -0.3 is 10.4 Å². The van der Waals surface area contributed by atoms with E-state index in [2.05, 4.69) is 16.9 Å².